The van der Waals surface area contributed by atoms with E-state index in [0.717, 1.165) is 49.3 Å². The number of nitrogens with zero attached hydrogens (tertiary/aromatic N) is 2. The summed E-state index contributed by atoms with van der Waals surface area (Å²) in [7, 11) is 0. The molecule has 2 heterocycles. The molecule has 2 aliphatic heterocycles. The fraction of sp³-hybridized carbons (Fsp3) is 0.391. The molecule has 0 spiro atoms. The molecule has 31 heavy (non-hydrogen) atoms. The maximum Gasteiger partial charge on any atom is 0.220 e. The molecule has 2 aromatic carbocycles. The molecular formula is C23H24ClN3O4. The van der Waals surface area contributed by atoms with Crippen molar-refractivity contribution in [1.29, 1.82) is 0 Å². The highest BCUT2D eigenvalue weighted by Gasteiger charge is 2.37. The summed E-state index contributed by atoms with van der Waals surface area (Å²) in [5.74, 6) is -0.841. The molecule has 1 amide bonds. The van der Waals surface area contributed by atoms with Crippen molar-refractivity contribution in [2.24, 2.45) is 16.8 Å². The van der Waals surface area contributed by atoms with Gasteiger partial charge in [0.05, 0.1) is 16.7 Å². The molecule has 4 rings (SSSR count). The molecule has 1 fully saturated rings. The highest BCUT2D eigenvalue weighted by Crippen LogP contribution is 2.45. The lowest BCUT2D eigenvalue weighted by atomic mass is 9.86. The fourth-order valence-electron chi connectivity index (χ4n) is 4.28. The van der Waals surface area contributed by atoms with E-state index in [-0.39, 0.29) is 34.3 Å². The lowest BCUT2D eigenvalue weighted by Crippen LogP contribution is -2.38. The van der Waals surface area contributed by atoms with Crippen LogP contribution >= 0.6 is 11.6 Å². The number of amides is 1. The first kappa shape index (κ1) is 21.3. The molecule has 162 valence electrons. The Hall–Kier alpha value is -2.95. The van der Waals surface area contributed by atoms with Gasteiger partial charge in [0.1, 0.15) is 11.5 Å². The van der Waals surface area contributed by atoms with E-state index in [0.29, 0.717) is 5.56 Å². The largest absolute Gasteiger partial charge is 0.507 e. The number of phenolic OH excluding ortho intramolecular Hbond substituents is 2. The second kappa shape index (κ2) is 8.66. The van der Waals surface area contributed by atoms with Crippen LogP contribution in [0.5, 0.6) is 11.5 Å². The minimum absolute atomic E-state index is 0.0393. The predicted octanol–water partition coefficient (Wildman–Crippen LogP) is 3.28. The summed E-state index contributed by atoms with van der Waals surface area (Å²) in [6, 6.07) is 12.9. The van der Waals surface area contributed by atoms with Gasteiger partial charge in [-0.25, -0.2) is 0 Å². The van der Waals surface area contributed by atoms with Gasteiger partial charge in [0, 0.05) is 29.7 Å². The van der Waals surface area contributed by atoms with Crippen LogP contribution in [0, 0.1) is 18.1 Å². The molecule has 0 aromatic heterocycles. The molecule has 2 aliphatic rings. The van der Waals surface area contributed by atoms with Gasteiger partial charge in [-0.05, 0) is 56.6 Å². The number of carbonyl (C=O) groups excluding carboxylic acids is 1. The highest BCUT2D eigenvalue weighted by molar-refractivity contribution is 6.32. The highest BCUT2D eigenvalue weighted by atomic mass is 35.5. The van der Waals surface area contributed by atoms with Crippen molar-refractivity contribution >= 4 is 23.2 Å². The number of benzene rings is 1. The second-order valence-corrected chi connectivity index (χ2v) is 8.55. The van der Waals surface area contributed by atoms with Crippen molar-refractivity contribution in [2.75, 3.05) is 13.1 Å². The van der Waals surface area contributed by atoms with Gasteiger partial charge >= 0.3 is 0 Å². The van der Waals surface area contributed by atoms with E-state index in [1.165, 1.54) is 12.1 Å². The van der Waals surface area contributed by atoms with Gasteiger partial charge in [0.2, 0.25) is 5.91 Å². The molecule has 0 radical (unpaired) electrons. The van der Waals surface area contributed by atoms with Gasteiger partial charge < -0.3 is 20.8 Å². The normalized spacial score (nSPS) is 21.9. The maximum absolute atomic E-state index is 11.4. The Kier molecular flexibility index (Phi) is 5.94. The van der Waals surface area contributed by atoms with Gasteiger partial charge in [-0.15, -0.1) is 0 Å². The van der Waals surface area contributed by atoms with Gasteiger partial charge in [-0.2, -0.15) is 0 Å². The molecule has 7 nitrogen and oxygen atoms in total. The van der Waals surface area contributed by atoms with Crippen LogP contribution in [0.2, 0.25) is 5.02 Å². The number of carbonyl (C=O) groups is 1. The number of piperidine rings is 1. The first-order valence-electron chi connectivity index (χ1n) is 10.2. The summed E-state index contributed by atoms with van der Waals surface area (Å²) in [5.41, 5.74) is 8.53. The summed E-state index contributed by atoms with van der Waals surface area (Å²) < 4.78 is 0. The molecule has 0 aliphatic carbocycles. The Balaban J connectivity index is 1.54. The topological polar surface area (TPSA) is 108 Å². The van der Waals surface area contributed by atoms with Crippen LogP contribution in [0.25, 0.3) is 0 Å². The molecule has 2 atom stereocenters. The SMILES string of the molecule is CC1=NOC(c2cc(Cl)c(O)cc2O)C1c1c#ccc(CN2CCC(C(N)=O)CC2)c1. The zero-order valence-corrected chi connectivity index (χ0v) is 17.9. The van der Waals surface area contributed by atoms with E-state index in [1.807, 2.05) is 19.1 Å². The first-order valence-corrected chi connectivity index (χ1v) is 10.6. The predicted molar refractivity (Wildman–Crippen MR) is 116 cm³/mol. The average Bonchev–Trinajstić information content (AvgIpc) is 3.12. The molecule has 0 saturated carbocycles. The van der Waals surface area contributed by atoms with Gasteiger partial charge in [-0.3, -0.25) is 9.69 Å². The lowest BCUT2D eigenvalue weighted by Gasteiger charge is -2.30. The Bertz CT molecular complexity index is 1020. The maximum atomic E-state index is 11.4. The van der Waals surface area contributed by atoms with Crippen molar-refractivity contribution in [2.45, 2.75) is 38.3 Å². The summed E-state index contributed by atoms with van der Waals surface area (Å²) in [6.07, 6.45) is 0.955. The fourth-order valence-corrected chi connectivity index (χ4v) is 4.45. The summed E-state index contributed by atoms with van der Waals surface area (Å²) in [4.78, 5) is 19.3. The van der Waals surface area contributed by atoms with Crippen molar-refractivity contribution in [3.05, 3.63) is 58.1 Å². The number of nitrogens with two attached hydrogens (primary N) is 1. The first-order chi connectivity index (χ1) is 14.8. The van der Waals surface area contributed by atoms with Crippen LogP contribution in [0.4, 0.5) is 0 Å². The zero-order chi connectivity index (χ0) is 22.1. The standard InChI is InChI=1S/C23H24ClN3O4/c1-13-21(22(31-26-13)17-10-18(24)20(29)11-19(17)28)16-4-2-3-14(9-16)12-27-7-5-15(6-8-27)23(25)30/h3,9-11,15,21-22,28-29H,5-8,12H2,1H3,(H2,25,30). The van der Waals surface area contributed by atoms with Crippen molar-refractivity contribution in [3.8, 4) is 11.5 Å². The quantitative estimate of drug-likeness (QED) is 0.659. The lowest BCUT2D eigenvalue weighted by molar-refractivity contribution is -0.123. The number of likely N-dealkylation sites (tertiary alicyclic amines) is 1. The minimum atomic E-state index is -0.593. The third-order valence-electron chi connectivity index (χ3n) is 6.01. The smallest absolute Gasteiger partial charge is 0.220 e. The van der Waals surface area contributed by atoms with Gasteiger partial charge in [-0.1, -0.05) is 28.9 Å². The second-order valence-electron chi connectivity index (χ2n) is 8.14. The number of rotatable bonds is 5. The Morgan fingerprint density at radius 2 is 2.03 bits per heavy atom. The summed E-state index contributed by atoms with van der Waals surface area (Å²) >= 11 is 6.06. The Morgan fingerprint density at radius 3 is 2.74 bits per heavy atom. The third kappa shape index (κ3) is 4.41. The van der Waals surface area contributed by atoms with Crippen LogP contribution in [0.3, 0.4) is 0 Å². The van der Waals surface area contributed by atoms with E-state index in [9.17, 15) is 15.0 Å². The van der Waals surface area contributed by atoms with Crippen molar-refractivity contribution in [1.82, 2.24) is 4.90 Å². The number of halogens is 1. The number of oxime groups is 1. The van der Waals surface area contributed by atoms with Crippen LogP contribution < -0.4 is 5.73 Å². The van der Waals surface area contributed by atoms with Crippen LogP contribution in [0.1, 0.15) is 48.5 Å². The molecule has 2 unspecified atom stereocenters. The third-order valence-corrected chi connectivity index (χ3v) is 6.31. The van der Waals surface area contributed by atoms with Gasteiger partial charge in [0.25, 0.3) is 0 Å². The van der Waals surface area contributed by atoms with Crippen LogP contribution in [-0.2, 0) is 16.2 Å². The van der Waals surface area contributed by atoms with Crippen molar-refractivity contribution < 1.29 is 19.8 Å². The van der Waals surface area contributed by atoms with E-state index >= 15 is 0 Å². The summed E-state index contributed by atoms with van der Waals surface area (Å²) in [6.45, 7) is 4.22. The number of hydrogen-bond acceptors (Lipinski definition) is 6. The Labute approximate surface area is 186 Å². The van der Waals surface area contributed by atoms with E-state index in [1.54, 1.807) is 0 Å². The van der Waals surface area contributed by atoms with Crippen molar-refractivity contribution in [3.63, 3.8) is 0 Å². The van der Waals surface area contributed by atoms with Crippen LogP contribution in [0.15, 0.2) is 29.4 Å². The summed E-state index contributed by atoms with van der Waals surface area (Å²) in [5, 5.41) is 24.3. The monoisotopic (exact) mass is 441 g/mol. The number of phenols is 2. The van der Waals surface area contributed by atoms with Gasteiger partial charge in [0.15, 0.2) is 6.10 Å². The Morgan fingerprint density at radius 1 is 1.29 bits per heavy atom. The zero-order valence-electron chi connectivity index (χ0n) is 17.1. The number of aromatic hydroxyl groups is 2. The van der Waals surface area contributed by atoms with E-state index in [2.05, 4.69) is 22.2 Å². The molecular weight excluding hydrogens is 418 g/mol. The molecule has 2 aromatic rings. The minimum Gasteiger partial charge on any atom is -0.507 e. The number of hydrogen-bond donors (Lipinski definition) is 3. The van der Waals surface area contributed by atoms with E-state index in [4.69, 9.17) is 22.2 Å². The molecule has 4 N–H and O–H groups in total. The molecule has 1 saturated heterocycles. The molecule has 0 bridgehead atoms. The average molecular weight is 442 g/mol. The molecule has 8 heteroatoms. The van der Waals surface area contributed by atoms with Crippen LogP contribution in [-0.4, -0.2) is 39.8 Å². The number of primary amides is 1. The van der Waals surface area contributed by atoms with E-state index < -0.39 is 6.10 Å².